The number of nitrogens with two attached hydrogens (primary N) is 1. The quantitative estimate of drug-likeness (QED) is 0.776. The summed E-state index contributed by atoms with van der Waals surface area (Å²) >= 11 is 0. The van der Waals surface area contributed by atoms with E-state index in [-0.39, 0.29) is 5.69 Å². The van der Waals surface area contributed by atoms with Gasteiger partial charge in [0.2, 0.25) is 0 Å². The van der Waals surface area contributed by atoms with Gasteiger partial charge in [-0.15, -0.1) is 10.2 Å². The molecule has 1 amide bonds. The molecular weight excluding hydrogens is 204 g/mol. The molecule has 3 N–H and O–H groups in total. The minimum absolute atomic E-state index is 0.195. The number of rotatable bonds is 5. The summed E-state index contributed by atoms with van der Waals surface area (Å²) in [5.41, 5.74) is 5.27. The fourth-order valence-corrected chi connectivity index (χ4v) is 1.66. The summed E-state index contributed by atoms with van der Waals surface area (Å²) < 4.78 is 0. The lowest BCUT2D eigenvalue weighted by molar-refractivity contribution is 0.0994. The fourth-order valence-electron chi connectivity index (χ4n) is 1.66. The van der Waals surface area contributed by atoms with Crippen molar-refractivity contribution in [1.29, 1.82) is 0 Å². The summed E-state index contributed by atoms with van der Waals surface area (Å²) in [6.45, 7) is 3.13. The zero-order valence-corrected chi connectivity index (χ0v) is 9.31. The lowest BCUT2D eigenvalue weighted by atomic mass is 10.1. The van der Waals surface area contributed by atoms with E-state index in [1.54, 1.807) is 12.1 Å². The van der Waals surface area contributed by atoms with Crippen molar-refractivity contribution < 1.29 is 4.79 Å². The summed E-state index contributed by atoms with van der Waals surface area (Å²) in [5, 5.41) is 10.8. The number of hydrogen-bond donors (Lipinski definition) is 2. The van der Waals surface area contributed by atoms with Crippen LogP contribution in [0.4, 0.5) is 5.82 Å². The monoisotopic (exact) mass is 220 g/mol. The van der Waals surface area contributed by atoms with Crippen LogP contribution in [-0.4, -0.2) is 22.6 Å². The lowest BCUT2D eigenvalue weighted by Crippen LogP contribution is -2.16. The van der Waals surface area contributed by atoms with Crippen molar-refractivity contribution in [2.45, 2.75) is 19.8 Å². The molecule has 0 saturated heterocycles. The van der Waals surface area contributed by atoms with Gasteiger partial charge in [-0.05, 0) is 36.8 Å². The van der Waals surface area contributed by atoms with Crippen LogP contribution in [0.2, 0.25) is 0 Å². The number of amides is 1. The van der Waals surface area contributed by atoms with E-state index in [9.17, 15) is 4.79 Å². The molecule has 2 rings (SSSR count). The molecule has 1 aliphatic rings. The minimum Gasteiger partial charge on any atom is -0.368 e. The van der Waals surface area contributed by atoms with Gasteiger partial charge >= 0.3 is 0 Å². The molecule has 1 aromatic rings. The molecular formula is C11H16N4O. The maximum Gasteiger partial charge on any atom is 0.269 e. The van der Waals surface area contributed by atoms with Crippen LogP contribution in [0.25, 0.3) is 0 Å². The molecule has 1 unspecified atom stereocenters. The zero-order valence-electron chi connectivity index (χ0n) is 9.31. The Morgan fingerprint density at radius 2 is 2.31 bits per heavy atom. The van der Waals surface area contributed by atoms with Gasteiger partial charge in [0.15, 0.2) is 5.69 Å². The summed E-state index contributed by atoms with van der Waals surface area (Å²) in [4.78, 5) is 10.8. The highest BCUT2D eigenvalue weighted by Crippen LogP contribution is 2.36. The molecule has 1 aromatic heterocycles. The highest BCUT2D eigenvalue weighted by atomic mass is 16.1. The van der Waals surface area contributed by atoms with Crippen molar-refractivity contribution >= 4 is 11.7 Å². The molecule has 86 valence electrons. The lowest BCUT2D eigenvalue weighted by Gasteiger charge is -2.11. The molecule has 0 aliphatic heterocycles. The first-order chi connectivity index (χ1) is 7.66. The van der Waals surface area contributed by atoms with Crippen molar-refractivity contribution in [2.75, 3.05) is 11.9 Å². The van der Waals surface area contributed by atoms with E-state index in [1.165, 1.54) is 12.8 Å². The van der Waals surface area contributed by atoms with Gasteiger partial charge in [0.25, 0.3) is 5.91 Å². The number of nitrogens with one attached hydrogen (secondary N) is 1. The second-order valence-corrected chi connectivity index (χ2v) is 4.36. The first kappa shape index (κ1) is 10.9. The van der Waals surface area contributed by atoms with Crippen LogP contribution in [-0.2, 0) is 0 Å². The highest BCUT2D eigenvalue weighted by Gasteiger charge is 2.27. The molecule has 0 aromatic carbocycles. The van der Waals surface area contributed by atoms with Crippen LogP contribution in [0.1, 0.15) is 30.3 Å². The van der Waals surface area contributed by atoms with Crippen LogP contribution >= 0.6 is 0 Å². The molecule has 16 heavy (non-hydrogen) atoms. The smallest absolute Gasteiger partial charge is 0.269 e. The number of nitrogens with zero attached hydrogens (tertiary/aromatic N) is 2. The van der Waals surface area contributed by atoms with Crippen molar-refractivity contribution in [3.05, 3.63) is 17.8 Å². The summed E-state index contributed by atoms with van der Waals surface area (Å²) in [6.07, 6.45) is 2.68. The van der Waals surface area contributed by atoms with Crippen LogP contribution in [0.3, 0.4) is 0 Å². The Balaban J connectivity index is 1.86. The van der Waals surface area contributed by atoms with E-state index in [4.69, 9.17) is 5.73 Å². The predicted octanol–water partition coefficient (Wildman–Crippen LogP) is 1.03. The van der Waals surface area contributed by atoms with E-state index >= 15 is 0 Å². The Hall–Kier alpha value is -1.65. The Labute approximate surface area is 94.4 Å². The van der Waals surface area contributed by atoms with Gasteiger partial charge in [0, 0.05) is 6.54 Å². The molecule has 1 saturated carbocycles. The second kappa shape index (κ2) is 4.47. The van der Waals surface area contributed by atoms with Crippen molar-refractivity contribution in [1.82, 2.24) is 10.2 Å². The summed E-state index contributed by atoms with van der Waals surface area (Å²) in [6, 6.07) is 3.31. The first-order valence-corrected chi connectivity index (χ1v) is 5.54. The van der Waals surface area contributed by atoms with E-state index in [1.807, 2.05) is 0 Å². The molecule has 5 nitrogen and oxygen atoms in total. The van der Waals surface area contributed by atoms with Crippen LogP contribution in [0.15, 0.2) is 12.1 Å². The minimum atomic E-state index is -0.551. The van der Waals surface area contributed by atoms with E-state index in [0.717, 1.165) is 12.5 Å². The molecule has 0 spiro atoms. The molecule has 1 heterocycles. The van der Waals surface area contributed by atoms with Gasteiger partial charge < -0.3 is 11.1 Å². The van der Waals surface area contributed by atoms with Gasteiger partial charge in [0.1, 0.15) is 5.82 Å². The number of hydrogen-bond acceptors (Lipinski definition) is 4. The Morgan fingerprint density at radius 1 is 1.56 bits per heavy atom. The average Bonchev–Trinajstić information content (AvgIpc) is 3.10. The number of carbonyl (C=O) groups excluding carboxylic acids is 1. The topological polar surface area (TPSA) is 80.9 Å². The molecule has 1 aliphatic carbocycles. The summed E-state index contributed by atoms with van der Waals surface area (Å²) in [7, 11) is 0. The van der Waals surface area contributed by atoms with E-state index < -0.39 is 5.91 Å². The Kier molecular flexibility index (Phi) is 3.03. The number of carbonyl (C=O) groups is 1. The van der Waals surface area contributed by atoms with Crippen molar-refractivity contribution in [3.8, 4) is 0 Å². The fraction of sp³-hybridized carbons (Fsp3) is 0.545. The predicted molar refractivity (Wildman–Crippen MR) is 60.9 cm³/mol. The van der Waals surface area contributed by atoms with Gasteiger partial charge in [-0.2, -0.15) is 0 Å². The second-order valence-electron chi connectivity index (χ2n) is 4.36. The van der Waals surface area contributed by atoms with E-state index in [0.29, 0.717) is 11.7 Å². The molecule has 0 radical (unpaired) electrons. The largest absolute Gasteiger partial charge is 0.368 e. The van der Waals surface area contributed by atoms with Gasteiger partial charge in [0.05, 0.1) is 0 Å². The highest BCUT2D eigenvalue weighted by molar-refractivity contribution is 5.90. The third-order valence-electron chi connectivity index (χ3n) is 2.95. The normalized spacial score (nSPS) is 16.8. The van der Waals surface area contributed by atoms with Crippen LogP contribution in [0.5, 0.6) is 0 Å². The van der Waals surface area contributed by atoms with Gasteiger partial charge in [-0.1, -0.05) is 6.92 Å². The summed E-state index contributed by atoms with van der Waals surface area (Å²) in [5.74, 6) is 1.67. The molecule has 1 atom stereocenters. The zero-order chi connectivity index (χ0) is 11.5. The molecule has 1 fully saturated rings. The van der Waals surface area contributed by atoms with Gasteiger partial charge in [-0.25, -0.2) is 0 Å². The van der Waals surface area contributed by atoms with E-state index in [2.05, 4.69) is 22.4 Å². The first-order valence-electron chi connectivity index (χ1n) is 5.54. The van der Waals surface area contributed by atoms with Crippen LogP contribution in [0, 0.1) is 11.8 Å². The number of anilines is 1. The number of primary amides is 1. The Morgan fingerprint density at radius 3 is 2.81 bits per heavy atom. The SMILES string of the molecule is CC(CNc1ccc(C(N)=O)nn1)C1CC1. The van der Waals surface area contributed by atoms with Crippen LogP contribution < -0.4 is 11.1 Å². The van der Waals surface area contributed by atoms with Crippen molar-refractivity contribution in [2.24, 2.45) is 17.6 Å². The molecule has 5 heteroatoms. The maximum absolute atomic E-state index is 10.8. The number of aromatic nitrogens is 2. The van der Waals surface area contributed by atoms with Crippen molar-refractivity contribution in [3.63, 3.8) is 0 Å². The third-order valence-corrected chi connectivity index (χ3v) is 2.95. The standard InChI is InChI=1S/C11H16N4O/c1-7(8-2-3-8)6-13-10-5-4-9(11(12)16)14-15-10/h4-5,7-8H,2-3,6H2,1H3,(H2,12,16)(H,13,15). The third kappa shape index (κ3) is 2.68. The average molecular weight is 220 g/mol. The maximum atomic E-state index is 10.8. The van der Waals surface area contributed by atoms with Gasteiger partial charge in [-0.3, -0.25) is 4.79 Å². The Bertz CT molecular complexity index is 372. The molecule has 0 bridgehead atoms.